The zero-order valence-corrected chi connectivity index (χ0v) is 11.7. The number of carbonyl (C=O) groups is 1. The predicted molar refractivity (Wildman–Crippen MR) is 75.1 cm³/mol. The minimum atomic E-state index is 0.00625. The highest BCUT2D eigenvalue weighted by molar-refractivity contribution is 5.98. The first kappa shape index (κ1) is 13.2. The Hall–Kier alpha value is -1.75. The molecule has 1 aromatic rings. The number of para-hydroxylation sites is 1. The summed E-state index contributed by atoms with van der Waals surface area (Å²) >= 11 is 0. The Kier molecular flexibility index (Phi) is 3.53. The lowest BCUT2D eigenvalue weighted by Crippen LogP contribution is -2.48. The van der Waals surface area contributed by atoms with E-state index in [0.717, 1.165) is 12.8 Å². The zero-order chi connectivity index (χ0) is 14.1. The summed E-state index contributed by atoms with van der Waals surface area (Å²) in [6, 6.07) is 5.82. The van der Waals surface area contributed by atoms with Crippen molar-refractivity contribution in [1.82, 2.24) is 4.90 Å². The second kappa shape index (κ2) is 5.32. The third-order valence-corrected chi connectivity index (χ3v) is 3.97. The fourth-order valence-electron chi connectivity index (χ4n) is 2.91. The van der Waals surface area contributed by atoms with Gasteiger partial charge < -0.3 is 20.1 Å². The standard InChI is InChI=1S/C15H20N2O3/c1-10-9-11(16)5-6-17(10)15(18)12-3-2-4-13-14(12)20-8-7-19-13/h2-4,10-11H,5-9,16H2,1H3. The van der Waals surface area contributed by atoms with Gasteiger partial charge in [0.25, 0.3) is 5.91 Å². The molecule has 5 heteroatoms. The van der Waals surface area contributed by atoms with Gasteiger partial charge in [0.2, 0.25) is 0 Å². The molecule has 0 saturated carbocycles. The highest BCUT2D eigenvalue weighted by atomic mass is 16.6. The SMILES string of the molecule is CC1CC(N)CCN1C(=O)c1cccc2c1OCCO2. The second-order valence-corrected chi connectivity index (χ2v) is 5.46. The predicted octanol–water partition coefficient (Wildman–Crippen LogP) is 1.41. The maximum Gasteiger partial charge on any atom is 0.258 e. The van der Waals surface area contributed by atoms with E-state index in [1.807, 2.05) is 24.0 Å². The summed E-state index contributed by atoms with van der Waals surface area (Å²) in [6.45, 7) is 3.76. The lowest BCUT2D eigenvalue weighted by molar-refractivity contribution is 0.0609. The molecule has 0 aliphatic carbocycles. The van der Waals surface area contributed by atoms with Crippen LogP contribution in [0.2, 0.25) is 0 Å². The number of fused-ring (bicyclic) bond motifs is 1. The maximum atomic E-state index is 12.7. The van der Waals surface area contributed by atoms with Crippen LogP contribution in [-0.2, 0) is 0 Å². The Morgan fingerprint density at radius 3 is 2.95 bits per heavy atom. The third kappa shape index (κ3) is 2.33. The van der Waals surface area contributed by atoms with Crippen LogP contribution < -0.4 is 15.2 Å². The van der Waals surface area contributed by atoms with Crippen LogP contribution in [0.5, 0.6) is 11.5 Å². The minimum Gasteiger partial charge on any atom is -0.486 e. The van der Waals surface area contributed by atoms with Crippen LogP contribution in [0.3, 0.4) is 0 Å². The van der Waals surface area contributed by atoms with Gasteiger partial charge in [0.05, 0.1) is 5.56 Å². The molecule has 5 nitrogen and oxygen atoms in total. The van der Waals surface area contributed by atoms with Crippen molar-refractivity contribution in [2.24, 2.45) is 5.73 Å². The normalized spacial score (nSPS) is 25.4. The molecule has 0 radical (unpaired) electrons. The van der Waals surface area contributed by atoms with Crippen LogP contribution >= 0.6 is 0 Å². The fraction of sp³-hybridized carbons (Fsp3) is 0.533. The van der Waals surface area contributed by atoms with Gasteiger partial charge in [-0.25, -0.2) is 0 Å². The number of rotatable bonds is 1. The van der Waals surface area contributed by atoms with Crippen molar-refractivity contribution in [3.8, 4) is 11.5 Å². The molecule has 2 unspecified atom stereocenters. The first-order valence-corrected chi connectivity index (χ1v) is 7.12. The van der Waals surface area contributed by atoms with Crippen molar-refractivity contribution in [3.05, 3.63) is 23.8 Å². The molecule has 2 heterocycles. The van der Waals surface area contributed by atoms with Crippen LogP contribution in [0.15, 0.2) is 18.2 Å². The van der Waals surface area contributed by atoms with Gasteiger partial charge in [-0.3, -0.25) is 4.79 Å². The van der Waals surface area contributed by atoms with Crippen molar-refractivity contribution >= 4 is 5.91 Å². The number of likely N-dealkylation sites (tertiary alicyclic amines) is 1. The van der Waals surface area contributed by atoms with Gasteiger partial charge in [-0.15, -0.1) is 0 Å². The van der Waals surface area contributed by atoms with E-state index in [0.29, 0.717) is 36.8 Å². The molecule has 3 rings (SSSR count). The molecule has 0 spiro atoms. The van der Waals surface area contributed by atoms with Gasteiger partial charge in [0, 0.05) is 18.6 Å². The summed E-state index contributed by atoms with van der Waals surface area (Å²) in [4.78, 5) is 14.6. The van der Waals surface area contributed by atoms with E-state index in [9.17, 15) is 4.79 Å². The quantitative estimate of drug-likeness (QED) is 0.842. The van der Waals surface area contributed by atoms with E-state index in [2.05, 4.69) is 0 Å². The minimum absolute atomic E-state index is 0.00625. The monoisotopic (exact) mass is 276 g/mol. The fourth-order valence-corrected chi connectivity index (χ4v) is 2.91. The molecule has 1 amide bonds. The molecule has 1 aromatic carbocycles. The zero-order valence-electron chi connectivity index (χ0n) is 11.7. The highest BCUT2D eigenvalue weighted by Gasteiger charge is 2.30. The second-order valence-electron chi connectivity index (χ2n) is 5.46. The van der Waals surface area contributed by atoms with Crippen LogP contribution in [0, 0.1) is 0 Å². The Labute approximate surface area is 118 Å². The van der Waals surface area contributed by atoms with Crippen LogP contribution in [0.25, 0.3) is 0 Å². The van der Waals surface area contributed by atoms with Crippen molar-refractivity contribution in [2.45, 2.75) is 31.8 Å². The molecule has 1 saturated heterocycles. The number of piperidine rings is 1. The van der Waals surface area contributed by atoms with E-state index in [4.69, 9.17) is 15.2 Å². The van der Waals surface area contributed by atoms with Crippen LogP contribution in [-0.4, -0.2) is 42.6 Å². The van der Waals surface area contributed by atoms with Gasteiger partial charge in [-0.2, -0.15) is 0 Å². The van der Waals surface area contributed by atoms with Crippen molar-refractivity contribution < 1.29 is 14.3 Å². The lowest BCUT2D eigenvalue weighted by Gasteiger charge is -2.37. The number of nitrogens with zero attached hydrogens (tertiary/aromatic N) is 1. The van der Waals surface area contributed by atoms with E-state index in [1.54, 1.807) is 6.07 Å². The molecule has 20 heavy (non-hydrogen) atoms. The first-order chi connectivity index (χ1) is 9.66. The van der Waals surface area contributed by atoms with E-state index in [-0.39, 0.29) is 18.0 Å². The Morgan fingerprint density at radius 2 is 2.15 bits per heavy atom. The first-order valence-electron chi connectivity index (χ1n) is 7.12. The Balaban J connectivity index is 1.87. The van der Waals surface area contributed by atoms with Gasteiger partial charge in [-0.1, -0.05) is 6.07 Å². The molecule has 0 bridgehead atoms. The smallest absolute Gasteiger partial charge is 0.258 e. The van der Waals surface area contributed by atoms with Crippen molar-refractivity contribution in [1.29, 1.82) is 0 Å². The van der Waals surface area contributed by atoms with Gasteiger partial charge in [-0.05, 0) is 31.9 Å². The van der Waals surface area contributed by atoms with E-state index in [1.165, 1.54) is 0 Å². The van der Waals surface area contributed by atoms with Gasteiger partial charge in [0.15, 0.2) is 11.5 Å². The number of hydrogen-bond acceptors (Lipinski definition) is 4. The van der Waals surface area contributed by atoms with Crippen LogP contribution in [0.4, 0.5) is 0 Å². The maximum absolute atomic E-state index is 12.7. The summed E-state index contributed by atoms with van der Waals surface area (Å²) in [5.41, 5.74) is 6.54. The number of nitrogens with two attached hydrogens (primary N) is 1. The lowest BCUT2D eigenvalue weighted by atomic mass is 9.98. The molecule has 0 aromatic heterocycles. The Bertz CT molecular complexity index is 518. The third-order valence-electron chi connectivity index (χ3n) is 3.97. The number of ether oxygens (including phenoxy) is 2. The van der Waals surface area contributed by atoms with Gasteiger partial charge >= 0.3 is 0 Å². The summed E-state index contributed by atoms with van der Waals surface area (Å²) < 4.78 is 11.2. The summed E-state index contributed by atoms with van der Waals surface area (Å²) in [7, 11) is 0. The average molecular weight is 276 g/mol. The number of benzene rings is 1. The average Bonchev–Trinajstić information content (AvgIpc) is 2.46. The molecular formula is C15H20N2O3. The molecule has 2 atom stereocenters. The molecule has 1 fully saturated rings. The van der Waals surface area contributed by atoms with E-state index >= 15 is 0 Å². The molecule has 2 aliphatic rings. The summed E-state index contributed by atoms with van der Waals surface area (Å²) in [5.74, 6) is 1.24. The number of hydrogen-bond donors (Lipinski definition) is 1. The highest BCUT2D eigenvalue weighted by Crippen LogP contribution is 2.35. The molecular weight excluding hydrogens is 256 g/mol. The summed E-state index contributed by atoms with van der Waals surface area (Å²) in [6.07, 6.45) is 1.70. The summed E-state index contributed by atoms with van der Waals surface area (Å²) in [5, 5.41) is 0. The number of carbonyl (C=O) groups excluding carboxylic acids is 1. The molecule has 108 valence electrons. The molecule has 2 N–H and O–H groups in total. The van der Waals surface area contributed by atoms with E-state index < -0.39 is 0 Å². The van der Waals surface area contributed by atoms with Crippen molar-refractivity contribution in [2.75, 3.05) is 19.8 Å². The van der Waals surface area contributed by atoms with Crippen LogP contribution in [0.1, 0.15) is 30.1 Å². The molecule has 2 aliphatic heterocycles. The Morgan fingerprint density at radius 1 is 1.35 bits per heavy atom. The van der Waals surface area contributed by atoms with Crippen molar-refractivity contribution in [3.63, 3.8) is 0 Å². The number of amides is 1. The largest absolute Gasteiger partial charge is 0.486 e. The van der Waals surface area contributed by atoms with Gasteiger partial charge in [0.1, 0.15) is 13.2 Å². The topological polar surface area (TPSA) is 64.8 Å².